The minimum absolute atomic E-state index is 0.105. The van der Waals surface area contributed by atoms with E-state index in [0.29, 0.717) is 32.7 Å². The van der Waals surface area contributed by atoms with E-state index in [0.717, 1.165) is 0 Å². The summed E-state index contributed by atoms with van der Waals surface area (Å²) in [6, 6.07) is 7.62. The Morgan fingerprint density at radius 2 is 1.57 bits per heavy atom. The van der Waals surface area contributed by atoms with Crippen LogP contribution in [0.4, 0.5) is 27.6 Å². The molecular formula is C24H16Cl2F5N3O3. The molecular weight excluding hydrogens is 544 g/mol. The Morgan fingerprint density at radius 1 is 0.973 bits per heavy atom. The van der Waals surface area contributed by atoms with Gasteiger partial charge in [0.1, 0.15) is 12.4 Å². The fourth-order valence-electron chi connectivity index (χ4n) is 3.47. The Bertz CT molecular complexity index is 1470. The second kappa shape index (κ2) is 10.4. The largest absolute Gasteiger partial charge is 0.479 e. The van der Waals surface area contributed by atoms with Crippen LogP contribution < -0.4 is 10.1 Å². The van der Waals surface area contributed by atoms with Gasteiger partial charge < -0.3 is 14.5 Å². The van der Waals surface area contributed by atoms with Crippen molar-refractivity contribution in [3.8, 4) is 5.75 Å². The lowest BCUT2D eigenvalue weighted by Crippen LogP contribution is -2.13. The predicted molar refractivity (Wildman–Crippen MR) is 124 cm³/mol. The van der Waals surface area contributed by atoms with Gasteiger partial charge in [0.2, 0.25) is 29.1 Å². The van der Waals surface area contributed by atoms with Crippen molar-refractivity contribution in [2.24, 2.45) is 0 Å². The van der Waals surface area contributed by atoms with E-state index < -0.39 is 47.3 Å². The summed E-state index contributed by atoms with van der Waals surface area (Å²) in [5.41, 5.74) is 2.15. The second-order valence-corrected chi connectivity index (χ2v) is 8.63. The van der Waals surface area contributed by atoms with Crippen molar-refractivity contribution in [2.45, 2.75) is 27.0 Å². The number of halogens is 7. The molecule has 1 N–H and O–H groups in total. The second-order valence-electron chi connectivity index (χ2n) is 7.81. The molecule has 0 aliphatic rings. The number of rotatable bonds is 7. The summed E-state index contributed by atoms with van der Waals surface area (Å²) in [6.07, 6.45) is 0. The normalized spacial score (nSPS) is 11.2. The number of carbonyl (C=O) groups excluding carboxylic acids is 1. The SMILES string of the molecule is Cc1nn(Cc2c(Cl)cccc2Cl)c(C)c1NC(=O)c1ccc(COc2c(F)c(F)c(F)c(F)c2F)o1. The molecule has 2 heterocycles. The molecule has 13 heteroatoms. The summed E-state index contributed by atoms with van der Waals surface area (Å²) >= 11 is 12.5. The maximum atomic E-state index is 13.8. The number of hydrogen-bond donors (Lipinski definition) is 1. The number of anilines is 1. The Hall–Kier alpha value is -3.57. The average Bonchev–Trinajstić information content (AvgIpc) is 3.44. The van der Waals surface area contributed by atoms with Crippen LogP contribution in [0.1, 0.15) is 33.3 Å². The number of hydrogen-bond acceptors (Lipinski definition) is 4. The Morgan fingerprint density at radius 3 is 2.19 bits per heavy atom. The molecule has 6 nitrogen and oxygen atoms in total. The van der Waals surface area contributed by atoms with Crippen LogP contribution in [0.3, 0.4) is 0 Å². The van der Waals surface area contributed by atoms with Crippen LogP contribution in [0.25, 0.3) is 0 Å². The topological polar surface area (TPSA) is 69.3 Å². The van der Waals surface area contributed by atoms with Crippen molar-refractivity contribution in [2.75, 3.05) is 5.32 Å². The van der Waals surface area contributed by atoms with E-state index in [4.69, 9.17) is 32.4 Å². The molecule has 0 fully saturated rings. The molecule has 2 aromatic heterocycles. The third-order valence-electron chi connectivity index (χ3n) is 5.40. The van der Waals surface area contributed by atoms with Gasteiger partial charge in [0.15, 0.2) is 11.5 Å². The fraction of sp³-hybridized carbons (Fsp3) is 0.167. The first-order chi connectivity index (χ1) is 17.5. The van der Waals surface area contributed by atoms with Crippen molar-refractivity contribution in [1.82, 2.24) is 9.78 Å². The zero-order chi connectivity index (χ0) is 27.0. The van der Waals surface area contributed by atoms with Crippen LogP contribution in [-0.4, -0.2) is 15.7 Å². The summed E-state index contributed by atoms with van der Waals surface area (Å²) in [6.45, 7) is 2.95. The van der Waals surface area contributed by atoms with Crippen molar-refractivity contribution in [3.63, 3.8) is 0 Å². The molecule has 0 spiro atoms. The third-order valence-corrected chi connectivity index (χ3v) is 6.11. The van der Waals surface area contributed by atoms with Crippen molar-refractivity contribution in [3.05, 3.63) is 97.9 Å². The lowest BCUT2D eigenvalue weighted by Gasteiger charge is -2.10. The number of benzene rings is 2. The molecule has 0 unspecified atom stereocenters. The highest BCUT2D eigenvalue weighted by Crippen LogP contribution is 2.30. The number of ether oxygens (including phenoxy) is 1. The zero-order valence-corrected chi connectivity index (χ0v) is 20.6. The van der Waals surface area contributed by atoms with E-state index in [1.807, 2.05) is 0 Å². The van der Waals surface area contributed by atoms with Crippen molar-refractivity contribution >= 4 is 34.8 Å². The lowest BCUT2D eigenvalue weighted by atomic mass is 10.2. The Kier molecular flexibility index (Phi) is 7.47. The molecule has 37 heavy (non-hydrogen) atoms. The number of amides is 1. The molecule has 0 atom stereocenters. The van der Waals surface area contributed by atoms with Crippen molar-refractivity contribution in [1.29, 1.82) is 0 Å². The molecule has 2 aromatic carbocycles. The molecule has 0 aliphatic carbocycles. The first-order valence-corrected chi connectivity index (χ1v) is 11.3. The van der Waals surface area contributed by atoms with E-state index in [-0.39, 0.29) is 18.1 Å². The molecule has 194 valence electrons. The van der Waals surface area contributed by atoms with Gasteiger partial charge in [-0.3, -0.25) is 9.48 Å². The Labute approximate surface area is 216 Å². The first kappa shape index (κ1) is 26.5. The van der Waals surface area contributed by atoms with Gasteiger partial charge in [-0.15, -0.1) is 0 Å². The monoisotopic (exact) mass is 559 g/mol. The summed E-state index contributed by atoms with van der Waals surface area (Å²) < 4.78 is 79.1. The molecule has 4 rings (SSSR count). The number of aromatic nitrogens is 2. The molecule has 0 radical (unpaired) electrons. The highest BCUT2D eigenvalue weighted by Gasteiger charge is 2.27. The van der Waals surface area contributed by atoms with Gasteiger partial charge in [0.25, 0.3) is 5.91 Å². The number of nitrogens with one attached hydrogen (secondary N) is 1. The first-order valence-electron chi connectivity index (χ1n) is 10.5. The highest BCUT2D eigenvalue weighted by atomic mass is 35.5. The van der Waals surface area contributed by atoms with Gasteiger partial charge >= 0.3 is 0 Å². The molecule has 0 saturated carbocycles. The van der Waals surface area contributed by atoms with Crippen LogP contribution in [0.15, 0.2) is 34.7 Å². The van der Waals surface area contributed by atoms with E-state index in [1.54, 1.807) is 36.7 Å². The third kappa shape index (κ3) is 5.14. The number of carbonyl (C=O) groups is 1. The molecule has 0 aliphatic heterocycles. The van der Waals surface area contributed by atoms with Gasteiger partial charge in [-0.1, -0.05) is 29.3 Å². The number of aryl methyl sites for hydroxylation is 1. The highest BCUT2D eigenvalue weighted by molar-refractivity contribution is 6.36. The van der Waals surface area contributed by atoms with Gasteiger partial charge in [-0.25, -0.2) is 13.2 Å². The van der Waals surface area contributed by atoms with Gasteiger partial charge in [-0.05, 0) is 38.1 Å². The van der Waals surface area contributed by atoms with Crippen LogP contribution in [0.5, 0.6) is 5.75 Å². The Balaban J connectivity index is 1.47. The van der Waals surface area contributed by atoms with Crippen LogP contribution in [0, 0.1) is 42.9 Å². The predicted octanol–water partition coefficient (Wildman–Crippen LogP) is 6.97. The van der Waals surface area contributed by atoms with Crippen molar-refractivity contribution < 1.29 is 35.9 Å². The quantitative estimate of drug-likeness (QED) is 0.151. The van der Waals surface area contributed by atoms with E-state index >= 15 is 0 Å². The lowest BCUT2D eigenvalue weighted by molar-refractivity contribution is 0.0992. The molecule has 0 bridgehead atoms. The van der Waals surface area contributed by atoms with Crippen LogP contribution in [-0.2, 0) is 13.2 Å². The summed E-state index contributed by atoms with van der Waals surface area (Å²) in [4.78, 5) is 12.7. The van der Waals surface area contributed by atoms with E-state index in [9.17, 15) is 26.7 Å². The standard InChI is InChI=1S/C24H16Cl2F5N3O3/c1-10-22(11(2)34(33-10)8-13-14(25)4-3-5-15(13)26)32-24(35)16-7-6-12(37-16)9-36-23-20(30)18(28)17(27)19(29)21(23)31/h3-7H,8-9H2,1-2H3,(H,32,35). The van der Waals surface area contributed by atoms with Crippen LogP contribution >= 0.6 is 23.2 Å². The summed E-state index contributed by atoms with van der Waals surface area (Å²) in [5.74, 6) is -13.3. The van der Waals surface area contributed by atoms with E-state index in [2.05, 4.69) is 10.4 Å². The molecule has 0 saturated heterocycles. The van der Waals surface area contributed by atoms with Gasteiger partial charge in [0, 0.05) is 15.6 Å². The van der Waals surface area contributed by atoms with Gasteiger partial charge in [-0.2, -0.15) is 13.9 Å². The maximum absolute atomic E-state index is 13.8. The number of furan rings is 1. The van der Waals surface area contributed by atoms with Crippen LogP contribution in [0.2, 0.25) is 10.0 Å². The molecule has 1 amide bonds. The smallest absolute Gasteiger partial charge is 0.291 e. The zero-order valence-electron chi connectivity index (χ0n) is 19.1. The van der Waals surface area contributed by atoms with Gasteiger partial charge in [0.05, 0.1) is 23.6 Å². The minimum Gasteiger partial charge on any atom is -0.479 e. The van der Waals surface area contributed by atoms with E-state index in [1.165, 1.54) is 12.1 Å². The fourth-order valence-corrected chi connectivity index (χ4v) is 3.99. The maximum Gasteiger partial charge on any atom is 0.291 e. The minimum atomic E-state index is -2.30. The molecule has 4 aromatic rings. The number of nitrogens with zero attached hydrogens (tertiary/aromatic N) is 2. The summed E-state index contributed by atoms with van der Waals surface area (Å²) in [7, 11) is 0. The average molecular weight is 560 g/mol. The summed E-state index contributed by atoms with van der Waals surface area (Å²) in [5, 5.41) is 8.01.